The zero-order chi connectivity index (χ0) is 19.5. The van der Waals surface area contributed by atoms with Gasteiger partial charge in [0.25, 0.3) is 5.91 Å². The van der Waals surface area contributed by atoms with E-state index in [2.05, 4.69) is 33.2 Å². The first-order valence-electron chi connectivity index (χ1n) is 9.44. The summed E-state index contributed by atoms with van der Waals surface area (Å²) in [5.41, 5.74) is 3.69. The molecule has 2 aromatic heterocycles. The summed E-state index contributed by atoms with van der Waals surface area (Å²) in [6, 6.07) is 10.2. The predicted octanol–water partition coefficient (Wildman–Crippen LogP) is 2.95. The molecule has 0 spiro atoms. The van der Waals surface area contributed by atoms with Gasteiger partial charge in [-0.05, 0) is 35.0 Å². The number of hydrogen-bond donors (Lipinski definition) is 1. The lowest BCUT2D eigenvalue weighted by Crippen LogP contribution is -2.32. The summed E-state index contributed by atoms with van der Waals surface area (Å²) in [6.07, 6.45) is 2.67. The molecule has 1 aliphatic rings. The summed E-state index contributed by atoms with van der Waals surface area (Å²) in [4.78, 5) is 13.4. The van der Waals surface area contributed by atoms with Crippen molar-refractivity contribution in [3.8, 4) is 0 Å². The third-order valence-corrected chi connectivity index (χ3v) is 5.78. The second kappa shape index (κ2) is 8.20. The van der Waals surface area contributed by atoms with Crippen LogP contribution in [0.5, 0.6) is 0 Å². The summed E-state index contributed by atoms with van der Waals surface area (Å²) in [5, 5.41) is 11.7. The van der Waals surface area contributed by atoms with Gasteiger partial charge in [0.15, 0.2) is 5.69 Å². The normalized spacial score (nSPS) is 16.2. The molecule has 1 aromatic carbocycles. The van der Waals surface area contributed by atoms with Crippen molar-refractivity contribution in [1.82, 2.24) is 24.7 Å². The third kappa shape index (κ3) is 3.98. The highest BCUT2D eigenvalue weighted by Gasteiger charge is 2.26. The number of aromatic nitrogens is 4. The second-order valence-corrected chi connectivity index (χ2v) is 7.97. The maximum absolute atomic E-state index is 12.5. The van der Waals surface area contributed by atoms with E-state index in [-0.39, 0.29) is 17.9 Å². The van der Waals surface area contributed by atoms with Crippen molar-refractivity contribution in [2.45, 2.75) is 38.8 Å². The lowest BCUT2D eigenvalue weighted by atomic mass is 10.1. The van der Waals surface area contributed by atoms with Crippen molar-refractivity contribution in [3.05, 3.63) is 63.9 Å². The van der Waals surface area contributed by atoms with Crippen molar-refractivity contribution in [3.63, 3.8) is 0 Å². The summed E-state index contributed by atoms with van der Waals surface area (Å²) < 4.78 is 11.8. The molecule has 4 rings (SSSR count). The Morgan fingerprint density at radius 3 is 2.96 bits per heavy atom. The SMILES string of the molecule is CC(C)c1snnc1C(=O)NCC1OCCc2cn(Cc3ccccc3)nc21. The Bertz CT molecular complexity index is 951. The zero-order valence-electron chi connectivity index (χ0n) is 16.0. The minimum atomic E-state index is -0.251. The number of benzene rings is 1. The molecule has 28 heavy (non-hydrogen) atoms. The first kappa shape index (κ1) is 18.8. The molecule has 0 radical (unpaired) electrons. The quantitative estimate of drug-likeness (QED) is 0.692. The highest BCUT2D eigenvalue weighted by atomic mass is 32.1. The molecule has 1 unspecified atom stereocenters. The fraction of sp³-hybridized carbons (Fsp3) is 0.400. The summed E-state index contributed by atoms with van der Waals surface area (Å²) in [7, 11) is 0. The van der Waals surface area contributed by atoms with Crippen LogP contribution in [0.25, 0.3) is 0 Å². The lowest BCUT2D eigenvalue weighted by molar-refractivity contribution is 0.0382. The van der Waals surface area contributed by atoms with E-state index in [1.807, 2.05) is 36.7 Å². The van der Waals surface area contributed by atoms with E-state index in [0.29, 0.717) is 18.8 Å². The van der Waals surface area contributed by atoms with Crippen LogP contribution in [0.2, 0.25) is 0 Å². The van der Waals surface area contributed by atoms with Gasteiger partial charge in [0.05, 0.1) is 23.7 Å². The van der Waals surface area contributed by atoms with Crippen molar-refractivity contribution < 1.29 is 9.53 Å². The number of amides is 1. The molecule has 146 valence electrons. The van der Waals surface area contributed by atoms with Gasteiger partial charge < -0.3 is 10.1 Å². The molecule has 1 amide bonds. The van der Waals surface area contributed by atoms with Crippen molar-refractivity contribution in [2.75, 3.05) is 13.2 Å². The van der Waals surface area contributed by atoms with Gasteiger partial charge in [-0.25, -0.2) is 0 Å². The molecule has 1 atom stereocenters. The van der Waals surface area contributed by atoms with E-state index in [0.717, 1.165) is 23.5 Å². The number of ether oxygens (including phenoxy) is 1. The maximum atomic E-state index is 12.5. The predicted molar refractivity (Wildman–Crippen MR) is 106 cm³/mol. The van der Waals surface area contributed by atoms with Gasteiger partial charge in [0.1, 0.15) is 6.10 Å². The molecule has 7 nitrogen and oxygen atoms in total. The molecular weight excluding hydrogens is 374 g/mol. The molecule has 0 saturated heterocycles. The number of nitrogens with one attached hydrogen (secondary N) is 1. The van der Waals surface area contributed by atoms with Crippen LogP contribution in [0.4, 0.5) is 0 Å². The Hall–Kier alpha value is -2.58. The van der Waals surface area contributed by atoms with Crippen molar-refractivity contribution in [1.29, 1.82) is 0 Å². The van der Waals surface area contributed by atoms with Crippen LogP contribution in [0.3, 0.4) is 0 Å². The van der Waals surface area contributed by atoms with Gasteiger partial charge in [0.2, 0.25) is 0 Å². The van der Waals surface area contributed by atoms with Crippen molar-refractivity contribution in [2.24, 2.45) is 0 Å². The molecule has 0 saturated carbocycles. The topological polar surface area (TPSA) is 81.9 Å². The number of fused-ring (bicyclic) bond motifs is 1. The first-order chi connectivity index (χ1) is 13.6. The van der Waals surface area contributed by atoms with Crippen LogP contribution in [-0.2, 0) is 17.7 Å². The number of hydrogen-bond acceptors (Lipinski definition) is 6. The molecule has 3 aromatic rings. The maximum Gasteiger partial charge on any atom is 0.273 e. The molecule has 0 aliphatic carbocycles. The third-order valence-electron chi connectivity index (χ3n) is 4.75. The summed E-state index contributed by atoms with van der Waals surface area (Å²) in [5.74, 6) is 0.00357. The van der Waals surface area contributed by atoms with E-state index in [4.69, 9.17) is 9.84 Å². The molecule has 3 heterocycles. The average Bonchev–Trinajstić information content (AvgIpc) is 3.34. The fourth-order valence-corrected chi connectivity index (χ4v) is 3.98. The number of carbonyl (C=O) groups is 1. The van der Waals surface area contributed by atoms with Crippen LogP contribution < -0.4 is 5.32 Å². The van der Waals surface area contributed by atoms with Gasteiger partial charge in [-0.3, -0.25) is 9.48 Å². The standard InChI is InChI=1S/C20H23N5O2S/c1-13(2)19-18(22-24-28-19)20(26)21-10-16-17-15(8-9-27-16)12-25(23-17)11-14-6-4-3-5-7-14/h3-7,12-13,16H,8-11H2,1-2H3,(H,21,26). The minimum absolute atomic E-state index is 0.211. The van der Waals surface area contributed by atoms with Gasteiger partial charge in [-0.15, -0.1) is 5.10 Å². The number of rotatable bonds is 6. The Morgan fingerprint density at radius 2 is 2.18 bits per heavy atom. The van der Waals surface area contributed by atoms with Crippen LogP contribution >= 0.6 is 11.5 Å². The van der Waals surface area contributed by atoms with E-state index < -0.39 is 0 Å². The van der Waals surface area contributed by atoms with Crippen LogP contribution in [0, 0.1) is 0 Å². The summed E-state index contributed by atoms with van der Waals surface area (Å²) >= 11 is 1.27. The van der Waals surface area contributed by atoms with E-state index in [9.17, 15) is 4.79 Å². The Labute approximate surface area is 167 Å². The van der Waals surface area contributed by atoms with Gasteiger partial charge in [-0.2, -0.15) is 5.10 Å². The Balaban J connectivity index is 1.44. The van der Waals surface area contributed by atoms with E-state index in [1.165, 1.54) is 22.7 Å². The molecule has 1 N–H and O–H groups in total. The molecule has 0 fully saturated rings. The molecule has 1 aliphatic heterocycles. The van der Waals surface area contributed by atoms with E-state index in [1.54, 1.807) is 0 Å². The Kier molecular flexibility index (Phi) is 5.50. The number of nitrogens with zero attached hydrogens (tertiary/aromatic N) is 4. The second-order valence-electron chi connectivity index (χ2n) is 7.18. The largest absolute Gasteiger partial charge is 0.370 e. The first-order valence-corrected chi connectivity index (χ1v) is 10.2. The van der Waals surface area contributed by atoms with Crippen LogP contribution in [-0.4, -0.2) is 38.4 Å². The molecule has 0 bridgehead atoms. The van der Waals surface area contributed by atoms with Crippen LogP contribution in [0.15, 0.2) is 36.5 Å². The monoisotopic (exact) mass is 397 g/mol. The zero-order valence-corrected chi connectivity index (χ0v) is 16.8. The van der Waals surface area contributed by atoms with Gasteiger partial charge in [0, 0.05) is 12.7 Å². The number of carbonyl (C=O) groups excluding carboxylic acids is 1. The van der Waals surface area contributed by atoms with E-state index >= 15 is 0 Å². The van der Waals surface area contributed by atoms with Gasteiger partial charge in [-0.1, -0.05) is 48.7 Å². The highest BCUT2D eigenvalue weighted by Crippen LogP contribution is 2.26. The van der Waals surface area contributed by atoms with Crippen molar-refractivity contribution >= 4 is 17.4 Å². The lowest BCUT2D eigenvalue weighted by Gasteiger charge is -2.22. The molecular formula is C20H23N5O2S. The summed E-state index contributed by atoms with van der Waals surface area (Å²) in [6.45, 7) is 5.77. The van der Waals surface area contributed by atoms with Crippen LogP contribution in [0.1, 0.15) is 58.1 Å². The smallest absolute Gasteiger partial charge is 0.273 e. The molecule has 8 heteroatoms. The fourth-order valence-electron chi connectivity index (χ4n) is 3.34. The highest BCUT2D eigenvalue weighted by molar-refractivity contribution is 7.05. The average molecular weight is 398 g/mol. The van der Waals surface area contributed by atoms with Gasteiger partial charge >= 0.3 is 0 Å². The Morgan fingerprint density at radius 1 is 1.36 bits per heavy atom. The minimum Gasteiger partial charge on any atom is -0.370 e.